The molecule has 0 N–H and O–H groups in total. The summed E-state index contributed by atoms with van der Waals surface area (Å²) < 4.78 is 5.68. The van der Waals surface area contributed by atoms with Crippen molar-refractivity contribution in [3.05, 3.63) is 83.6 Å². The quantitative estimate of drug-likeness (QED) is 0.561. The van der Waals surface area contributed by atoms with E-state index in [0.29, 0.717) is 17.9 Å². The number of anilines is 1. The third kappa shape index (κ3) is 4.74. The van der Waals surface area contributed by atoms with Crippen molar-refractivity contribution in [3.8, 4) is 6.07 Å². The van der Waals surface area contributed by atoms with Gasteiger partial charge in [0, 0.05) is 38.5 Å². The molecule has 0 amide bonds. The smallest absolute Gasteiger partial charge is 0.215 e. The first-order valence-electron chi connectivity index (χ1n) is 11.1. The fourth-order valence-electron chi connectivity index (χ4n) is 4.20. The van der Waals surface area contributed by atoms with Gasteiger partial charge in [-0.1, -0.05) is 50.2 Å². The Morgan fingerprint density at radius 2 is 1.88 bits per heavy atom. The molecule has 2 heterocycles. The van der Waals surface area contributed by atoms with Crippen molar-refractivity contribution in [1.82, 2.24) is 9.88 Å². The minimum Gasteiger partial charge on any atom is -0.447 e. The molecule has 1 aliphatic rings. The highest BCUT2D eigenvalue weighted by Crippen LogP contribution is 2.30. The van der Waals surface area contributed by atoms with Crippen molar-refractivity contribution in [2.45, 2.75) is 26.3 Å². The maximum atomic E-state index is 12.1. The average Bonchev–Trinajstić information content (AvgIpc) is 3.35. The lowest BCUT2D eigenvalue weighted by atomic mass is 9.98. The lowest BCUT2D eigenvalue weighted by Crippen LogP contribution is -2.48. The first-order chi connectivity index (χ1) is 15.6. The molecule has 1 atom stereocenters. The van der Waals surface area contributed by atoms with E-state index in [1.54, 1.807) is 12.5 Å². The zero-order valence-electron chi connectivity index (χ0n) is 18.6. The summed E-state index contributed by atoms with van der Waals surface area (Å²) >= 11 is 0. The number of benzene rings is 2. The molecule has 2 aromatic carbocycles. The van der Waals surface area contributed by atoms with Crippen LogP contribution in [0.2, 0.25) is 0 Å². The summed E-state index contributed by atoms with van der Waals surface area (Å²) in [6.45, 7) is 7.04. The Hall–Kier alpha value is -3.43. The highest BCUT2D eigenvalue weighted by molar-refractivity contribution is 5.83. The Labute approximate surface area is 189 Å². The summed E-state index contributed by atoms with van der Waals surface area (Å²) in [5.74, 6) is 0.879. The van der Waals surface area contributed by atoms with Crippen LogP contribution in [0, 0.1) is 17.2 Å². The zero-order chi connectivity index (χ0) is 22.5. The zero-order valence-corrected chi connectivity index (χ0v) is 18.6. The van der Waals surface area contributed by atoms with Crippen molar-refractivity contribution in [1.29, 1.82) is 5.26 Å². The van der Waals surface area contributed by atoms with Crippen molar-refractivity contribution in [2.75, 3.05) is 31.1 Å². The van der Waals surface area contributed by atoms with Crippen LogP contribution in [0.15, 0.2) is 65.4 Å². The van der Waals surface area contributed by atoms with E-state index in [1.807, 2.05) is 50.2 Å². The maximum Gasteiger partial charge on any atom is 0.215 e. The molecule has 6 nitrogen and oxygen atoms in total. The minimum atomic E-state index is -0.0341. The standard InChI is InChI=1S/C26H28N4O2/c1-19(2)24(31)17-20-8-9-23(22(16-20)18-27)29-11-13-30(14-12-29)25(26-28-10-15-32-26)21-6-4-3-5-7-21/h3-10,15-16,19,25H,11-14,17H2,1-2H3. The van der Waals surface area contributed by atoms with Gasteiger partial charge in [-0.3, -0.25) is 9.69 Å². The molecular formula is C26H28N4O2. The molecule has 1 unspecified atom stereocenters. The summed E-state index contributed by atoms with van der Waals surface area (Å²) in [6, 6.07) is 18.4. The molecule has 1 aromatic heterocycles. The summed E-state index contributed by atoms with van der Waals surface area (Å²) in [5, 5.41) is 9.74. The Kier molecular flexibility index (Phi) is 6.67. The van der Waals surface area contributed by atoms with Crippen LogP contribution in [0.25, 0.3) is 0 Å². The van der Waals surface area contributed by atoms with Gasteiger partial charge in [0.2, 0.25) is 5.89 Å². The largest absolute Gasteiger partial charge is 0.447 e. The third-order valence-corrected chi connectivity index (χ3v) is 6.02. The molecule has 4 rings (SSSR count). The van der Waals surface area contributed by atoms with Crippen molar-refractivity contribution in [2.24, 2.45) is 5.92 Å². The van der Waals surface area contributed by atoms with E-state index in [2.05, 4.69) is 33.0 Å². The van der Waals surface area contributed by atoms with Crippen LogP contribution in [0.4, 0.5) is 5.69 Å². The molecule has 0 radical (unpaired) electrons. The van der Waals surface area contributed by atoms with Crippen LogP contribution in [0.5, 0.6) is 0 Å². The number of hydrogen-bond acceptors (Lipinski definition) is 6. The highest BCUT2D eigenvalue weighted by atomic mass is 16.3. The summed E-state index contributed by atoms with van der Waals surface area (Å²) in [6.07, 6.45) is 3.67. The molecule has 0 spiro atoms. The fraction of sp³-hybridized carbons (Fsp3) is 0.346. The van der Waals surface area contributed by atoms with Gasteiger partial charge >= 0.3 is 0 Å². The van der Waals surface area contributed by atoms with E-state index in [4.69, 9.17) is 4.42 Å². The number of carbonyl (C=O) groups excluding carboxylic acids is 1. The van der Waals surface area contributed by atoms with Gasteiger partial charge in [-0.25, -0.2) is 4.98 Å². The number of carbonyl (C=O) groups is 1. The fourth-order valence-corrected chi connectivity index (χ4v) is 4.20. The van der Waals surface area contributed by atoms with E-state index in [0.717, 1.165) is 43.0 Å². The van der Waals surface area contributed by atoms with Gasteiger partial charge in [0.1, 0.15) is 24.2 Å². The predicted octanol–water partition coefficient (Wildman–Crippen LogP) is 4.23. The van der Waals surface area contributed by atoms with Crippen molar-refractivity contribution < 1.29 is 9.21 Å². The van der Waals surface area contributed by atoms with E-state index >= 15 is 0 Å². The van der Waals surface area contributed by atoms with Gasteiger partial charge in [-0.05, 0) is 23.3 Å². The molecule has 0 bridgehead atoms. The Morgan fingerprint density at radius 3 is 2.50 bits per heavy atom. The molecule has 0 saturated carbocycles. The van der Waals surface area contributed by atoms with Crippen molar-refractivity contribution >= 4 is 11.5 Å². The molecule has 32 heavy (non-hydrogen) atoms. The van der Waals surface area contributed by atoms with E-state index in [-0.39, 0.29) is 17.7 Å². The van der Waals surface area contributed by atoms with Crippen LogP contribution in [0.1, 0.15) is 42.5 Å². The maximum absolute atomic E-state index is 12.1. The number of oxazole rings is 1. The second-order valence-corrected chi connectivity index (χ2v) is 8.47. The van der Waals surface area contributed by atoms with Crippen LogP contribution in [0.3, 0.4) is 0 Å². The first kappa shape index (κ1) is 21.8. The minimum absolute atomic E-state index is 0.00509. The lowest BCUT2D eigenvalue weighted by molar-refractivity contribution is -0.121. The van der Waals surface area contributed by atoms with E-state index in [1.165, 1.54) is 0 Å². The third-order valence-electron chi connectivity index (χ3n) is 6.02. The van der Waals surface area contributed by atoms with Crippen LogP contribution in [-0.2, 0) is 11.2 Å². The van der Waals surface area contributed by atoms with E-state index in [9.17, 15) is 10.1 Å². The Bertz CT molecular complexity index is 1080. The molecule has 0 aliphatic carbocycles. The topological polar surface area (TPSA) is 73.4 Å². The molecular weight excluding hydrogens is 400 g/mol. The number of rotatable bonds is 7. The second-order valence-electron chi connectivity index (χ2n) is 8.47. The van der Waals surface area contributed by atoms with Gasteiger partial charge in [0.15, 0.2) is 0 Å². The van der Waals surface area contributed by atoms with Gasteiger partial charge < -0.3 is 9.32 Å². The SMILES string of the molecule is CC(C)C(=O)Cc1ccc(N2CCN(C(c3ccccc3)c3ncco3)CC2)c(C#N)c1. The number of piperazine rings is 1. The molecule has 1 saturated heterocycles. The molecule has 6 heteroatoms. The summed E-state index contributed by atoms with van der Waals surface area (Å²) in [4.78, 5) is 21.2. The van der Waals surface area contributed by atoms with Crippen molar-refractivity contribution in [3.63, 3.8) is 0 Å². The number of hydrogen-bond donors (Lipinski definition) is 0. The second kappa shape index (κ2) is 9.80. The number of nitrogens with zero attached hydrogens (tertiary/aromatic N) is 4. The number of nitriles is 1. The number of ketones is 1. The molecule has 1 aliphatic heterocycles. The highest BCUT2D eigenvalue weighted by Gasteiger charge is 2.30. The molecule has 164 valence electrons. The molecule has 3 aromatic rings. The van der Waals surface area contributed by atoms with E-state index < -0.39 is 0 Å². The summed E-state index contributed by atoms with van der Waals surface area (Å²) in [7, 11) is 0. The van der Waals surface area contributed by atoms with Crippen LogP contribution >= 0.6 is 0 Å². The first-order valence-corrected chi connectivity index (χ1v) is 11.1. The summed E-state index contributed by atoms with van der Waals surface area (Å²) in [5.41, 5.74) is 3.61. The lowest BCUT2D eigenvalue weighted by Gasteiger charge is -2.39. The van der Waals surface area contributed by atoms with Crippen LogP contribution < -0.4 is 4.90 Å². The van der Waals surface area contributed by atoms with Crippen LogP contribution in [-0.4, -0.2) is 41.8 Å². The Morgan fingerprint density at radius 1 is 1.12 bits per heavy atom. The van der Waals surface area contributed by atoms with Gasteiger partial charge in [0.05, 0.1) is 17.4 Å². The number of aromatic nitrogens is 1. The monoisotopic (exact) mass is 428 g/mol. The van der Waals surface area contributed by atoms with Gasteiger partial charge in [-0.15, -0.1) is 0 Å². The number of Topliss-reactive ketones (excluding diaryl/α,β-unsaturated/α-hetero) is 1. The average molecular weight is 429 g/mol. The van der Waals surface area contributed by atoms with Gasteiger partial charge in [0.25, 0.3) is 0 Å². The normalized spacial score (nSPS) is 15.5. The Balaban J connectivity index is 1.49. The predicted molar refractivity (Wildman–Crippen MR) is 123 cm³/mol. The molecule has 1 fully saturated rings. The van der Waals surface area contributed by atoms with Gasteiger partial charge in [-0.2, -0.15) is 5.26 Å².